The first kappa shape index (κ1) is 20.5. The third-order valence-electron chi connectivity index (χ3n) is 6.35. The number of anilines is 1. The molecule has 3 aromatic rings. The van der Waals surface area contributed by atoms with Crippen molar-refractivity contribution in [1.29, 1.82) is 0 Å². The summed E-state index contributed by atoms with van der Waals surface area (Å²) in [5, 5.41) is 9.42. The summed E-state index contributed by atoms with van der Waals surface area (Å²) in [7, 11) is 0. The molecule has 0 radical (unpaired) electrons. The Bertz CT molecular complexity index is 1300. The van der Waals surface area contributed by atoms with Crippen LogP contribution in [0.2, 0.25) is 0 Å². The maximum atomic E-state index is 15.4. The molecule has 10 heteroatoms. The third-order valence-corrected chi connectivity index (χ3v) is 6.35. The summed E-state index contributed by atoms with van der Waals surface area (Å²) in [5.41, 5.74) is 5.91. The van der Waals surface area contributed by atoms with Crippen LogP contribution in [0.25, 0.3) is 10.9 Å². The minimum atomic E-state index is -1.34. The molecule has 3 atom stereocenters. The van der Waals surface area contributed by atoms with Crippen molar-refractivity contribution < 1.29 is 23.4 Å². The van der Waals surface area contributed by atoms with Gasteiger partial charge >= 0.3 is 5.97 Å². The Labute approximate surface area is 182 Å². The lowest BCUT2D eigenvalue weighted by atomic mass is 10.00. The third kappa shape index (κ3) is 3.05. The van der Waals surface area contributed by atoms with E-state index < -0.39 is 28.8 Å². The van der Waals surface area contributed by atoms with E-state index in [1.165, 1.54) is 6.20 Å². The van der Waals surface area contributed by atoms with Crippen molar-refractivity contribution in [3.63, 3.8) is 0 Å². The van der Waals surface area contributed by atoms with Crippen molar-refractivity contribution in [3.05, 3.63) is 51.7 Å². The van der Waals surface area contributed by atoms with Crippen molar-refractivity contribution in [2.45, 2.75) is 32.4 Å². The number of aromatic carboxylic acids is 1. The Morgan fingerprint density at radius 2 is 2.22 bits per heavy atom. The van der Waals surface area contributed by atoms with Crippen LogP contribution in [0.1, 0.15) is 47.4 Å². The fraction of sp³-hybridized carbons (Fsp3) is 0.409. The fourth-order valence-electron chi connectivity index (χ4n) is 4.67. The monoisotopic (exact) mass is 442 g/mol. The first-order valence-electron chi connectivity index (χ1n) is 10.5. The van der Waals surface area contributed by atoms with Gasteiger partial charge in [-0.1, -0.05) is 0 Å². The lowest BCUT2D eigenvalue weighted by Crippen LogP contribution is -2.30. The second-order valence-electron chi connectivity index (χ2n) is 8.51. The number of carbonyl (C=O) groups is 1. The van der Waals surface area contributed by atoms with E-state index >= 15 is 4.39 Å². The minimum absolute atomic E-state index is 0.00425. The van der Waals surface area contributed by atoms with Crippen LogP contribution in [-0.4, -0.2) is 40.3 Å². The minimum Gasteiger partial charge on any atom is -0.487 e. The number of carboxylic acid groups (broad SMARTS) is 1. The quantitative estimate of drug-likeness (QED) is 0.632. The van der Waals surface area contributed by atoms with Gasteiger partial charge in [0.1, 0.15) is 23.6 Å². The highest BCUT2D eigenvalue weighted by molar-refractivity contribution is 5.97. The molecule has 9 nitrogen and oxygen atoms in total. The number of rotatable bonds is 4. The number of oxazole rings is 1. The Morgan fingerprint density at radius 3 is 2.91 bits per heavy atom. The summed E-state index contributed by atoms with van der Waals surface area (Å²) in [6.07, 6.45) is 3.65. The van der Waals surface area contributed by atoms with Crippen molar-refractivity contribution in [3.8, 4) is 5.75 Å². The van der Waals surface area contributed by atoms with Crippen LogP contribution in [0, 0.1) is 18.7 Å². The van der Waals surface area contributed by atoms with Gasteiger partial charge in [-0.25, -0.2) is 14.2 Å². The van der Waals surface area contributed by atoms with Gasteiger partial charge in [0.2, 0.25) is 11.3 Å². The van der Waals surface area contributed by atoms with Gasteiger partial charge in [0.15, 0.2) is 11.6 Å². The summed E-state index contributed by atoms with van der Waals surface area (Å²) >= 11 is 0. The molecule has 5 rings (SSSR count). The van der Waals surface area contributed by atoms with Crippen LogP contribution in [-0.2, 0) is 0 Å². The number of hydrogen-bond acceptors (Lipinski definition) is 7. The van der Waals surface area contributed by atoms with E-state index in [2.05, 4.69) is 4.98 Å². The van der Waals surface area contributed by atoms with Crippen LogP contribution in [0.3, 0.4) is 0 Å². The zero-order chi connectivity index (χ0) is 22.7. The van der Waals surface area contributed by atoms with Gasteiger partial charge in [-0.15, -0.1) is 0 Å². The Balaban J connectivity index is 1.59. The highest BCUT2D eigenvalue weighted by atomic mass is 19.1. The summed E-state index contributed by atoms with van der Waals surface area (Å²) < 4.78 is 28.5. The summed E-state index contributed by atoms with van der Waals surface area (Å²) in [4.78, 5) is 30.4. The molecular formula is C22H23FN4O5. The van der Waals surface area contributed by atoms with Crippen molar-refractivity contribution >= 4 is 22.6 Å². The Hall–Kier alpha value is -3.40. The van der Waals surface area contributed by atoms with E-state index in [9.17, 15) is 14.7 Å². The van der Waals surface area contributed by atoms with Crippen molar-refractivity contribution in [1.82, 2.24) is 9.55 Å². The normalized spacial score (nSPS) is 21.1. The summed E-state index contributed by atoms with van der Waals surface area (Å²) in [6, 6.07) is 0.479. The molecule has 2 unspecified atom stereocenters. The number of hydrogen-bond donors (Lipinski definition) is 2. The number of benzene rings is 1. The number of halogens is 1. The summed E-state index contributed by atoms with van der Waals surface area (Å²) in [6.45, 7) is 4.89. The molecular weight excluding hydrogens is 419 g/mol. The van der Waals surface area contributed by atoms with Crippen LogP contribution in [0.15, 0.2) is 27.7 Å². The molecule has 168 valence electrons. The van der Waals surface area contributed by atoms with E-state index in [1.54, 1.807) is 17.7 Å². The standard InChI is InChI=1S/C22H23FN4O5/c1-10-9-31-20-17-13(19(28)14(22(29)30)8-27(10)17)5-15(23)18(20)26-4-3-12(7-26)16(24)21-25-6-11(2)32-21/h5-6,8,10,12,16H,3-4,7,9,24H2,1-2H3,(H,29,30)/t10-,12?,16?/m0/s1. The van der Waals surface area contributed by atoms with E-state index in [0.29, 0.717) is 36.7 Å². The molecule has 0 spiro atoms. The fourth-order valence-corrected chi connectivity index (χ4v) is 4.67. The molecule has 2 aromatic heterocycles. The van der Waals surface area contributed by atoms with Gasteiger partial charge in [-0.3, -0.25) is 4.79 Å². The smallest absolute Gasteiger partial charge is 0.341 e. The second-order valence-corrected chi connectivity index (χ2v) is 8.51. The molecule has 0 saturated carbocycles. The van der Waals surface area contributed by atoms with Crippen LogP contribution in [0.5, 0.6) is 5.75 Å². The van der Waals surface area contributed by atoms with Crippen molar-refractivity contribution in [2.75, 3.05) is 24.6 Å². The van der Waals surface area contributed by atoms with Gasteiger partial charge in [0.25, 0.3) is 0 Å². The number of ether oxygens (including phenoxy) is 1. The van der Waals surface area contributed by atoms with Gasteiger partial charge in [0, 0.05) is 25.2 Å². The first-order chi connectivity index (χ1) is 15.3. The topological polar surface area (TPSA) is 124 Å². The van der Waals surface area contributed by atoms with E-state index in [1.807, 2.05) is 11.8 Å². The van der Waals surface area contributed by atoms with Gasteiger partial charge in [-0.05, 0) is 26.3 Å². The van der Waals surface area contributed by atoms with Gasteiger partial charge in [0.05, 0.1) is 29.2 Å². The molecule has 2 aliphatic heterocycles. The van der Waals surface area contributed by atoms with Crippen LogP contribution in [0.4, 0.5) is 10.1 Å². The lowest BCUT2D eigenvalue weighted by molar-refractivity contribution is 0.0694. The predicted molar refractivity (Wildman–Crippen MR) is 114 cm³/mol. The first-order valence-corrected chi connectivity index (χ1v) is 10.5. The number of carboxylic acids is 1. The van der Waals surface area contributed by atoms with E-state index in [-0.39, 0.29) is 35.4 Å². The van der Waals surface area contributed by atoms with Gasteiger partial charge < -0.3 is 29.5 Å². The molecule has 1 saturated heterocycles. The zero-order valence-electron chi connectivity index (χ0n) is 17.7. The SMILES string of the molecule is Cc1cnc(C(N)C2CCN(c3c(F)cc4c(=O)c(C(=O)O)cn5c4c3OC[C@@H]5C)C2)o1. The zero-order valence-corrected chi connectivity index (χ0v) is 17.7. The molecule has 32 heavy (non-hydrogen) atoms. The molecule has 4 heterocycles. The van der Waals surface area contributed by atoms with Crippen LogP contribution < -0.4 is 20.8 Å². The number of pyridine rings is 1. The van der Waals surface area contributed by atoms with Gasteiger partial charge in [-0.2, -0.15) is 0 Å². The molecule has 3 N–H and O–H groups in total. The highest BCUT2D eigenvalue weighted by Crippen LogP contribution is 2.44. The molecule has 0 bridgehead atoms. The number of nitrogens with zero attached hydrogens (tertiary/aromatic N) is 3. The maximum Gasteiger partial charge on any atom is 0.341 e. The molecule has 1 fully saturated rings. The van der Waals surface area contributed by atoms with Crippen LogP contribution >= 0.6 is 0 Å². The molecule has 0 amide bonds. The van der Waals surface area contributed by atoms with Crippen molar-refractivity contribution in [2.24, 2.45) is 11.7 Å². The maximum absolute atomic E-state index is 15.4. The average molecular weight is 442 g/mol. The molecule has 2 aliphatic rings. The number of nitrogens with two attached hydrogens (primary N) is 1. The summed E-state index contributed by atoms with van der Waals surface area (Å²) in [5.74, 6) is -0.591. The Kier molecular flexibility index (Phi) is 4.70. The average Bonchev–Trinajstić information content (AvgIpc) is 3.40. The predicted octanol–water partition coefficient (Wildman–Crippen LogP) is 2.61. The van der Waals surface area contributed by atoms with E-state index in [0.717, 1.165) is 6.07 Å². The Morgan fingerprint density at radius 1 is 1.44 bits per heavy atom. The number of aromatic nitrogens is 2. The molecule has 1 aromatic carbocycles. The number of aryl methyl sites for hydroxylation is 1. The second kappa shape index (κ2) is 7.33. The lowest BCUT2D eigenvalue weighted by Gasteiger charge is -2.31. The van der Waals surface area contributed by atoms with E-state index in [4.69, 9.17) is 14.9 Å². The molecule has 0 aliphatic carbocycles. The largest absolute Gasteiger partial charge is 0.487 e. The highest BCUT2D eigenvalue weighted by Gasteiger charge is 2.36.